The molecule has 2 saturated heterocycles. The zero-order valence-electron chi connectivity index (χ0n) is 16.5. The van der Waals surface area contributed by atoms with E-state index in [1.807, 2.05) is 0 Å². The van der Waals surface area contributed by atoms with Gasteiger partial charge in [0.15, 0.2) is 0 Å². The van der Waals surface area contributed by atoms with E-state index in [0.717, 1.165) is 33.7 Å². The SMILES string of the molecule is Cc1ccc(CCCC(C2([SiH3])CCCCO2)C2([SiH3])CCCCO2)cc1. The fraction of sp³-hybridized carbons (Fsp3) is 0.714. The second kappa shape index (κ2) is 8.51. The van der Waals surface area contributed by atoms with Crippen molar-refractivity contribution < 1.29 is 9.47 Å². The third-order valence-electron chi connectivity index (χ3n) is 6.55. The van der Waals surface area contributed by atoms with Crippen molar-refractivity contribution in [1.29, 1.82) is 0 Å². The third-order valence-corrected chi connectivity index (χ3v) is 9.52. The number of aryl methyl sites for hydroxylation is 2. The van der Waals surface area contributed by atoms with Gasteiger partial charge < -0.3 is 9.47 Å². The molecule has 0 aliphatic carbocycles. The highest BCUT2D eigenvalue weighted by molar-refractivity contribution is 6.18. The van der Waals surface area contributed by atoms with Crippen LogP contribution in [0.25, 0.3) is 0 Å². The zero-order valence-corrected chi connectivity index (χ0v) is 20.5. The molecule has 0 bridgehead atoms. The highest BCUT2D eigenvalue weighted by atomic mass is 28.2. The average molecular weight is 377 g/mol. The van der Waals surface area contributed by atoms with E-state index in [2.05, 4.69) is 31.2 Å². The summed E-state index contributed by atoms with van der Waals surface area (Å²) in [5, 5.41) is 0.315. The van der Waals surface area contributed by atoms with Gasteiger partial charge in [-0.15, -0.1) is 0 Å². The third kappa shape index (κ3) is 4.85. The minimum Gasteiger partial charge on any atom is -0.379 e. The Labute approximate surface area is 159 Å². The number of hydrogen-bond donors (Lipinski definition) is 0. The van der Waals surface area contributed by atoms with E-state index in [1.54, 1.807) is 0 Å². The molecule has 0 N–H and O–H groups in total. The Balaban J connectivity index is 1.68. The van der Waals surface area contributed by atoms with Gasteiger partial charge >= 0.3 is 0 Å². The maximum atomic E-state index is 6.47. The van der Waals surface area contributed by atoms with Gasteiger partial charge in [-0.25, -0.2) is 0 Å². The summed E-state index contributed by atoms with van der Waals surface area (Å²) in [6, 6.07) is 9.07. The molecule has 25 heavy (non-hydrogen) atoms. The molecule has 2 nitrogen and oxygen atoms in total. The summed E-state index contributed by atoms with van der Waals surface area (Å²) in [4.78, 5) is 0. The predicted octanol–water partition coefficient (Wildman–Crippen LogP) is 2.46. The highest BCUT2D eigenvalue weighted by Crippen LogP contribution is 2.43. The number of hydrogen-bond acceptors (Lipinski definition) is 2. The lowest BCUT2D eigenvalue weighted by atomic mass is 9.82. The molecule has 2 aliphatic heterocycles. The molecule has 0 aromatic heterocycles. The summed E-state index contributed by atoms with van der Waals surface area (Å²) < 4.78 is 12.9. The first-order chi connectivity index (χ1) is 12.0. The van der Waals surface area contributed by atoms with Gasteiger partial charge in [0.1, 0.15) is 0 Å². The molecule has 2 heterocycles. The monoisotopic (exact) mass is 376 g/mol. The van der Waals surface area contributed by atoms with Crippen LogP contribution in [-0.4, -0.2) is 44.1 Å². The molecule has 3 rings (SSSR count). The van der Waals surface area contributed by atoms with Crippen LogP contribution in [0.15, 0.2) is 24.3 Å². The Morgan fingerprint density at radius 3 is 1.96 bits per heavy atom. The molecular weight excluding hydrogens is 340 g/mol. The van der Waals surface area contributed by atoms with E-state index in [1.165, 1.54) is 68.9 Å². The standard InChI is InChI=1S/C21H36O2Si2/c1-17-9-11-18(12-10-17)7-6-8-19(20(24)13-2-4-15-22-20)21(25)14-3-5-16-23-21/h9-12,19H,2-8,13-16H2,1,24-25H3. The Kier molecular flexibility index (Phi) is 6.58. The minimum atomic E-state index is 0.157. The molecule has 140 valence electrons. The van der Waals surface area contributed by atoms with Crippen molar-refractivity contribution in [3.63, 3.8) is 0 Å². The van der Waals surface area contributed by atoms with Gasteiger partial charge in [0.25, 0.3) is 0 Å². The van der Waals surface area contributed by atoms with E-state index in [4.69, 9.17) is 9.47 Å². The van der Waals surface area contributed by atoms with Crippen molar-refractivity contribution in [2.75, 3.05) is 13.2 Å². The van der Waals surface area contributed by atoms with Crippen molar-refractivity contribution in [3.8, 4) is 0 Å². The summed E-state index contributed by atoms with van der Waals surface area (Å²) in [6.07, 6.45) is 11.4. The molecule has 2 atom stereocenters. The normalized spacial score (nSPS) is 31.9. The van der Waals surface area contributed by atoms with Gasteiger partial charge in [-0.1, -0.05) is 29.8 Å². The van der Waals surface area contributed by atoms with Crippen LogP contribution >= 0.6 is 0 Å². The van der Waals surface area contributed by atoms with E-state index in [-0.39, 0.29) is 10.4 Å². The topological polar surface area (TPSA) is 18.5 Å². The molecule has 0 amide bonds. The van der Waals surface area contributed by atoms with E-state index in [0.29, 0.717) is 5.92 Å². The van der Waals surface area contributed by atoms with Crippen molar-refractivity contribution in [3.05, 3.63) is 35.4 Å². The van der Waals surface area contributed by atoms with Crippen LogP contribution < -0.4 is 0 Å². The van der Waals surface area contributed by atoms with E-state index in [9.17, 15) is 0 Å². The van der Waals surface area contributed by atoms with E-state index < -0.39 is 0 Å². The van der Waals surface area contributed by atoms with Crippen LogP contribution in [0.5, 0.6) is 0 Å². The lowest BCUT2D eigenvalue weighted by Crippen LogP contribution is -2.57. The van der Waals surface area contributed by atoms with Gasteiger partial charge in [0.05, 0.1) is 10.4 Å². The first kappa shape index (κ1) is 19.3. The Bertz CT molecular complexity index is 507. The summed E-state index contributed by atoms with van der Waals surface area (Å²) in [7, 11) is 2.27. The first-order valence-electron chi connectivity index (χ1n) is 10.4. The highest BCUT2D eigenvalue weighted by Gasteiger charge is 2.47. The van der Waals surface area contributed by atoms with Crippen LogP contribution in [0.1, 0.15) is 62.5 Å². The van der Waals surface area contributed by atoms with Crippen LogP contribution in [0, 0.1) is 12.8 Å². The van der Waals surface area contributed by atoms with Gasteiger partial charge in [0.2, 0.25) is 0 Å². The largest absolute Gasteiger partial charge is 0.379 e. The van der Waals surface area contributed by atoms with Crippen molar-refractivity contribution in [2.45, 2.75) is 75.2 Å². The van der Waals surface area contributed by atoms with E-state index >= 15 is 0 Å². The number of rotatable bonds is 6. The van der Waals surface area contributed by atoms with Crippen LogP contribution in [0.2, 0.25) is 0 Å². The fourth-order valence-electron chi connectivity index (χ4n) is 4.98. The Morgan fingerprint density at radius 2 is 1.48 bits per heavy atom. The zero-order chi connectivity index (χ0) is 17.8. The maximum Gasteiger partial charge on any atom is 0.0536 e. The molecule has 1 aromatic rings. The number of ether oxygens (including phenoxy) is 2. The van der Waals surface area contributed by atoms with Crippen LogP contribution in [0.4, 0.5) is 0 Å². The molecular formula is C21H36O2Si2. The fourth-order valence-corrected chi connectivity index (χ4v) is 8.47. The summed E-state index contributed by atoms with van der Waals surface area (Å²) in [5.74, 6) is 0.615. The van der Waals surface area contributed by atoms with Gasteiger partial charge in [-0.05, 0) is 70.3 Å². The molecule has 2 aliphatic rings. The van der Waals surface area contributed by atoms with Crippen molar-refractivity contribution in [1.82, 2.24) is 0 Å². The second-order valence-electron chi connectivity index (χ2n) is 8.67. The molecule has 2 unspecified atom stereocenters. The second-order valence-corrected chi connectivity index (χ2v) is 12.1. The van der Waals surface area contributed by atoms with Gasteiger partial charge in [0, 0.05) is 39.6 Å². The summed E-state index contributed by atoms with van der Waals surface area (Å²) in [5.41, 5.74) is 2.83. The lowest BCUT2D eigenvalue weighted by molar-refractivity contribution is -0.140. The molecule has 0 radical (unpaired) electrons. The summed E-state index contributed by atoms with van der Waals surface area (Å²) in [6.45, 7) is 4.10. The maximum absolute atomic E-state index is 6.47. The molecule has 1 aromatic carbocycles. The molecule has 4 heteroatoms. The van der Waals surface area contributed by atoms with Crippen molar-refractivity contribution in [2.24, 2.45) is 5.92 Å². The molecule has 0 spiro atoms. The van der Waals surface area contributed by atoms with Gasteiger partial charge in [-0.2, -0.15) is 0 Å². The minimum absolute atomic E-state index is 0.157. The van der Waals surface area contributed by atoms with Gasteiger partial charge in [-0.3, -0.25) is 0 Å². The van der Waals surface area contributed by atoms with Crippen LogP contribution in [-0.2, 0) is 15.9 Å². The number of benzene rings is 1. The first-order valence-corrected chi connectivity index (χ1v) is 12.4. The average Bonchev–Trinajstić information content (AvgIpc) is 2.61. The lowest BCUT2D eigenvalue weighted by Gasteiger charge is -2.51. The molecule has 0 saturated carbocycles. The smallest absolute Gasteiger partial charge is 0.0536 e. The van der Waals surface area contributed by atoms with Crippen LogP contribution in [0.3, 0.4) is 0 Å². The quantitative estimate of drug-likeness (QED) is 0.710. The predicted molar refractivity (Wildman–Crippen MR) is 113 cm³/mol. The molecule has 2 fully saturated rings. The summed E-state index contributed by atoms with van der Waals surface area (Å²) >= 11 is 0. The van der Waals surface area contributed by atoms with Crippen molar-refractivity contribution >= 4 is 20.5 Å². The Morgan fingerprint density at radius 1 is 0.920 bits per heavy atom. The Hall–Kier alpha value is -0.426.